The fourth-order valence-corrected chi connectivity index (χ4v) is 5.51. The predicted molar refractivity (Wildman–Crippen MR) is 146 cm³/mol. The Bertz CT molecular complexity index is 1350. The minimum Gasteiger partial charge on any atom is -0.377 e. The monoisotopic (exact) mass is 556 g/mol. The zero-order chi connectivity index (χ0) is 25.8. The van der Waals surface area contributed by atoms with E-state index in [0.717, 1.165) is 36.7 Å². The fourth-order valence-electron chi connectivity index (χ4n) is 3.34. The quantitative estimate of drug-likeness (QED) is 0.319. The van der Waals surface area contributed by atoms with Gasteiger partial charge >= 0.3 is 0 Å². The Kier molecular flexibility index (Phi) is 8.34. The van der Waals surface area contributed by atoms with Gasteiger partial charge in [-0.05, 0) is 89.8 Å². The molecule has 0 saturated carbocycles. The highest BCUT2D eigenvalue weighted by Gasteiger charge is 2.27. The Morgan fingerprint density at radius 2 is 1.66 bits per heavy atom. The van der Waals surface area contributed by atoms with Crippen molar-refractivity contribution in [1.82, 2.24) is 5.43 Å². The lowest BCUT2D eigenvalue weighted by molar-refractivity contribution is -0.119. The number of nitrogens with one attached hydrogen (secondary N) is 1. The molecule has 0 aliphatic carbocycles. The number of hydrogen-bond acceptors (Lipinski definition) is 5. The summed E-state index contributed by atoms with van der Waals surface area (Å²) in [5, 5.41) is 4.02. The van der Waals surface area contributed by atoms with Crippen LogP contribution in [0.4, 0.5) is 11.4 Å². The molecule has 0 bridgehead atoms. The van der Waals surface area contributed by atoms with Crippen LogP contribution < -0.4 is 14.6 Å². The fraction of sp³-hybridized carbons (Fsp3) is 0.231. The molecule has 9 heteroatoms. The van der Waals surface area contributed by atoms with Gasteiger partial charge in [-0.1, -0.05) is 29.8 Å². The van der Waals surface area contributed by atoms with Crippen molar-refractivity contribution in [3.05, 3.63) is 87.4 Å². The Balaban J connectivity index is 1.84. The van der Waals surface area contributed by atoms with Crippen molar-refractivity contribution in [2.45, 2.75) is 25.7 Å². The highest BCUT2D eigenvalue weighted by Crippen LogP contribution is 2.26. The first-order chi connectivity index (χ1) is 16.5. The van der Waals surface area contributed by atoms with E-state index in [1.54, 1.807) is 36.4 Å². The number of rotatable bonds is 8. The number of aryl methyl sites for hydroxylation is 3. The number of sulfonamides is 1. The smallest absolute Gasteiger partial charge is 0.264 e. The number of halogens is 1. The van der Waals surface area contributed by atoms with Gasteiger partial charge in [0, 0.05) is 18.6 Å². The number of anilines is 2. The first-order valence-corrected chi connectivity index (χ1v) is 13.2. The van der Waals surface area contributed by atoms with Gasteiger partial charge in [-0.25, -0.2) is 13.8 Å². The summed E-state index contributed by atoms with van der Waals surface area (Å²) in [6.07, 6.45) is 1.51. The van der Waals surface area contributed by atoms with Crippen LogP contribution >= 0.6 is 15.9 Å². The summed E-state index contributed by atoms with van der Waals surface area (Å²) in [6.45, 7) is 5.32. The lowest BCUT2D eigenvalue weighted by atomic mass is 10.1. The highest BCUT2D eigenvalue weighted by molar-refractivity contribution is 9.10. The number of hydrazone groups is 1. The van der Waals surface area contributed by atoms with E-state index in [9.17, 15) is 13.2 Å². The third-order valence-corrected chi connectivity index (χ3v) is 7.95. The molecule has 1 amide bonds. The minimum absolute atomic E-state index is 0.114. The molecule has 184 valence electrons. The summed E-state index contributed by atoms with van der Waals surface area (Å²) in [6, 6.07) is 17.6. The van der Waals surface area contributed by atoms with Crippen LogP contribution in [0.1, 0.15) is 22.3 Å². The molecule has 0 spiro atoms. The molecule has 3 aromatic rings. The first-order valence-electron chi connectivity index (χ1n) is 10.9. The first kappa shape index (κ1) is 26.4. The van der Waals surface area contributed by atoms with Crippen LogP contribution in [0.3, 0.4) is 0 Å². The van der Waals surface area contributed by atoms with Crippen LogP contribution in [0.25, 0.3) is 0 Å². The van der Waals surface area contributed by atoms with E-state index in [1.807, 2.05) is 64.0 Å². The summed E-state index contributed by atoms with van der Waals surface area (Å²) in [5.74, 6) is -0.556. The molecule has 3 rings (SSSR count). The predicted octanol–water partition coefficient (Wildman–Crippen LogP) is 4.79. The Labute approximate surface area is 215 Å². The van der Waals surface area contributed by atoms with Gasteiger partial charge in [-0.2, -0.15) is 5.10 Å². The number of benzene rings is 3. The molecule has 35 heavy (non-hydrogen) atoms. The van der Waals surface area contributed by atoms with E-state index in [-0.39, 0.29) is 4.90 Å². The Hall–Kier alpha value is -3.17. The van der Waals surface area contributed by atoms with Gasteiger partial charge in [0.25, 0.3) is 15.9 Å². The SMILES string of the molecule is Cc1ccc(S(=O)(=O)N(CC(=O)N/N=C\c2ccc(N(C)C)c(Br)c2)c2ccc(C)c(C)c2)cc1. The zero-order valence-corrected chi connectivity index (χ0v) is 22.8. The lowest BCUT2D eigenvalue weighted by Crippen LogP contribution is -2.39. The molecule has 0 aliphatic heterocycles. The molecule has 7 nitrogen and oxygen atoms in total. The van der Waals surface area contributed by atoms with E-state index >= 15 is 0 Å². The van der Waals surface area contributed by atoms with Crippen molar-refractivity contribution in [3.8, 4) is 0 Å². The molecular weight excluding hydrogens is 528 g/mol. The van der Waals surface area contributed by atoms with Crippen molar-refractivity contribution in [1.29, 1.82) is 0 Å². The van der Waals surface area contributed by atoms with Gasteiger partial charge in [0.05, 0.1) is 22.5 Å². The summed E-state index contributed by atoms with van der Waals surface area (Å²) >= 11 is 3.52. The largest absolute Gasteiger partial charge is 0.377 e. The van der Waals surface area contributed by atoms with Gasteiger partial charge in [-0.15, -0.1) is 0 Å². The molecule has 0 atom stereocenters. The van der Waals surface area contributed by atoms with Crippen LogP contribution in [0, 0.1) is 20.8 Å². The van der Waals surface area contributed by atoms with Crippen molar-refractivity contribution < 1.29 is 13.2 Å². The molecule has 0 unspecified atom stereocenters. The van der Waals surface area contributed by atoms with E-state index in [4.69, 9.17) is 0 Å². The average Bonchev–Trinajstić information content (AvgIpc) is 2.79. The van der Waals surface area contributed by atoms with Crippen LogP contribution in [0.5, 0.6) is 0 Å². The standard InChI is InChI=1S/C26H29BrN4O3S/c1-18-6-11-23(12-7-18)35(33,34)31(22-10-8-19(2)20(3)14-22)17-26(32)29-28-16-21-9-13-25(30(4)5)24(27)15-21/h6-16H,17H2,1-5H3,(H,29,32)/b28-16-. The van der Waals surface area contributed by atoms with E-state index in [0.29, 0.717) is 5.69 Å². The minimum atomic E-state index is -3.98. The van der Waals surface area contributed by atoms with Crippen LogP contribution in [0.15, 0.2) is 75.1 Å². The summed E-state index contributed by atoms with van der Waals surface area (Å²) in [7, 11) is -0.0926. The van der Waals surface area contributed by atoms with Crippen LogP contribution in [-0.4, -0.2) is 41.2 Å². The van der Waals surface area contributed by atoms with Crippen molar-refractivity contribution >= 4 is 49.4 Å². The number of amides is 1. The van der Waals surface area contributed by atoms with Gasteiger partial charge in [-0.3, -0.25) is 9.10 Å². The second-order valence-electron chi connectivity index (χ2n) is 8.49. The summed E-state index contributed by atoms with van der Waals surface area (Å²) in [5.41, 5.74) is 7.55. The topological polar surface area (TPSA) is 82.1 Å². The molecular formula is C26H29BrN4O3S. The third-order valence-electron chi connectivity index (χ3n) is 5.53. The van der Waals surface area contributed by atoms with Crippen molar-refractivity contribution in [2.75, 3.05) is 29.8 Å². The Morgan fingerprint density at radius 1 is 0.971 bits per heavy atom. The second-order valence-corrected chi connectivity index (χ2v) is 11.2. The molecule has 0 aliphatic rings. The number of hydrogen-bond donors (Lipinski definition) is 1. The van der Waals surface area contributed by atoms with Gasteiger partial charge in [0.1, 0.15) is 6.54 Å². The van der Waals surface area contributed by atoms with Gasteiger partial charge < -0.3 is 4.90 Å². The number of carbonyl (C=O) groups is 1. The molecule has 0 aromatic heterocycles. The molecule has 0 fully saturated rings. The highest BCUT2D eigenvalue weighted by atomic mass is 79.9. The maximum Gasteiger partial charge on any atom is 0.264 e. The van der Waals surface area contributed by atoms with Crippen LogP contribution in [-0.2, 0) is 14.8 Å². The molecule has 0 saturated heterocycles. The number of carbonyl (C=O) groups excluding carboxylic acids is 1. The maximum absolute atomic E-state index is 13.5. The molecule has 1 N–H and O–H groups in total. The van der Waals surface area contributed by atoms with Gasteiger partial charge in [0.2, 0.25) is 0 Å². The van der Waals surface area contributed by atoms with Crippen LogP contribution in [0.2, 0.25) is 0 Å². The van der Waals surface area contributed by atoms with Gasteiger partial charge in [0.15, 0.2) is 0 Å². The normalized spacial score (nSPS) is 11.5. The van der Waals surface area contributed by atoms with E-state index in [1.165, 1.54) is 6.21 Å². The van der Waals surface area contributed by atoms with E-state index < -0.39 is 22.5 Å². The lowest BCUT2D eigenvalue weighted by Gasteiger charge is -2.24. The number of nitrogens with zero attached hydrogens (tertiary/aromatic N) is 3. The summed E-state index contributed by atoms with van der Waals surface area (Å²) in [4.78, 5) is 14.9. The molecule has 0 radical (unpaired) electrons. The maximum atomic E-state index is 13.5. The zero-order valence-electron chi connectivity index (χ0n) is 20.4. The Morgan fingerprint density at radius 3 is 2.26 bits per heavy atom. The van der Waals surface area contributed by atoms with Crippen molar-refractivity contribution in [2.24, 2.45) is 5.10 Å². The van der Waals surface area contributed by atoms with E-state index in [2.05, 4.69) is 26.5 Å². The second kappa shape index (κ2) is 11.0. The third kappa shape index (κ3) is 6.49. The summed E-state index contributed by atoms with van der Waals surface area (Å²) < 4.78 is 29.0. The molecule has 3 aromatic carbocycles. The molecule has 0 heterocycles. The average molecular weight is 558 g/mol. The van der Waals surface area contributed by atoms with Crippen molar-refractivity contribution in [3.63, 3.8) is 0 Å².